The molecule has 15 heavy (non-hydrogen) atoms. The van der Waals surface area contributed by atoms with Crippen molar-refractivity contribution in [2.24, 2.45) is 17.6 Å². The van der Waals surface area contributed by atoms with Crippen LogP contribution in [0.5, 0.6) is 0 Å². The first-order chi connectivity index (χ1) is 7.24. The summed E-state index contributed by atoms with van der Waals surface area (Å²) < 4.78 is 10.4. The maximum Gasteiger partial charge on any atom is 0.308 e. The van der Waals surface area contributed by atoms with Gasteiger partial charge in [0.15, 0.2) is 0 Å². The minimum Gasteiger partial charge on any atom is -0.465 e. The monoisotopic (exact) mass is 215 g/mol. The van der Waals surface area contributed by atoms with Crippen LogP contribution in [0.1, 0.15) is 26.2 Å². The molecule has 0 saturated carbocycles. The van der Waals surface area contributed by atoms with Crippen LogP contribution in [0.3, 0.4) is 0 Å². The Morgan fingerprint density at radius 2 is 2.47 bits per heavy atom. The van der Waals surface area contributed by atoms with E-state index < -0.39 is 0 Å². The van der Waals surface area contributed by atoms with E-state index in [-0.39, 0.29) is 11.9 Å². The van der Waals surface area contributed by atoms with E-state index in [0.717, 1.165) is 32.5 Å². The third-order valence-electron chi connectivity index (χ3n) is 2.73. The first-order valence-electron chi connectivity index (χ1n) is 5.68. The van der Waals surface area contributed by atoms with E-state index in [9.17, 15) is 4.79 Å². The van der Waals surface area contributed by atoms with Crippen LogP contribution in [0.2, 0.25) is 0 Å². The van der Waals surface area contributed by atoms with E-state index in [2.05, 4.69) is 0 Å². The van der Waals surface area contributed by atoms with Crippen molar-refractivity contribution in [2.75, 3.05) is 26.4 Å². The maximum absolute atomic E-state index is 11.5. The lowest BCUT2D eigenvalue weighted by Gasteiger charge is -2.13. The molecule has 0 aliphatic carbocycles. The zero-order valence-electron chi connectivity index (χ0n) is 9.41. The van der Waals surface area contributed by atoms with Gasteiger partial charge in [0.05, 0.1) is 19.1 Å². The van der Waals surface area contributed by atoms with Gasteiger partial charge in [0.2, 0.25) is 0 Å². The first-order valence-corrected chi connectivity index (χ1v) is 5.68. The number of esters is 1. The van der Waals surface area contributed by atoms with Crippen LogP contribution < -0.4 is 5.73 Å². The summed E-state index contributed by atoms with van der Waals surface area (Å²) in [5, 5.41) is 0. The number of carbonyl (C=O) groups is 1. The second-order valence-corrected chi connectivity index (χ2v) is 4.19. The molecule has 4 nitrogen and oxygen atoms in total. The van der Waals surface area contributed by atoms with Gasteiger partial charge >= 0.3 is 5.97 Å². The number of rotatable bonds is 6. The Hall–Kier alpha value is -0.610. The fourth-order valence-electron chi connectivity index (χ4n) is 1.60. The minimum atomic E-state index is -0.102. The molecule has 2 unspecified atom stereocenters. The Balaban J connectivity index is 2.11. The number of carbonyl (C=O) groups excluding carboxylic acids is 1. The molecule has 1 rings (SSSR count). The van der Waals surface area contributed by atoms with E-state index in [0.29, 0.717) is 19.1 Å². The van der Waals surface area contributed by atoms with Crippen molar-refractivity contribution in [2.45, 2.75) is 26.2 Å². The summed E-state index contributed by atoms with van der Waals surface area (Å²) in [6.07, 6.45) is 2.70. The van der Waals surface area contributed by atoms with Crippen molar-refractivity contribution >= 4 is 5.97 Å². The van der Waals surface area contributed by atoms with Crippen LogP contribution >= 0.6 is 0 Å². The molecule has 0 aromatic heterocycles. The standard InChI is InChI=1S/C11H21NO3/c1-9(3-2-5-12)11(13)15-8-10-4-6-14-7-10/h9-10H,2-8,12H2,1H3. The Labute approximate surface area is 91.1 Å². The Bertz CT molecular complexity index is 190. The van der Waals surface area contributed by atoms with Gasteiger partial charge in [-0.25, -0.2) is 0 Å². The van der Waals surface area contributed by atoms with Gasteiger partial charge in [-0.05, 0) is 25.8 Å². The fraction of sp³-hybridized carbons (Fsp3) is 0.909. The molecular formula is C11H21NO3. The summed E-state index contributed by atoms with van der Waals surface area (Å²) in [6.45, 7) is 4.55. The summed E-state index contributed by atoms with van der Waals surface area (Å²) in [5.74, 6) is 0.266. The largest absolute Gasteiger partial charge is 0.465 e. The average molecular weight is 215 g/mol. The van der Waals surface area contributed by atoms with Gasteiger partial charge in [-0.1, -0.05) is 6.92 Å². The Morgan fingerprint density at radius 1 is 1.67 bits per heavy atom. The predicted octanol–water partition coefficient (Wildman–Crippen LogP) is 0.941. The Morgan fingerprint density at radius 3 is 3.07 bits per heavy atom. The summed E-state index contributed by atoms with van der Waals surface area (Å²) in [6, 6.07) is 0. The molecule has 1 heterocycles. The van der Waals surface area contributed by atoms with Crippen LogP contribution in [0.15, 0.2) is 0 Å². The zero-order valence-corrected chi connectivity index (χ0v) is 9.41. The molecule has 0 spiro atoms. The van der Waals surface area contributed by atoms with Gasteiger partial charge in [-0.15, -0.1) is 0 Å². The van der Waals surface area contributed by atoms with E-state index in [1.165, 1.54) is 0 Å². The molecule has 0 amide bonds. The highest BCUT2D eigenvalue weighted by Crippen LogP contribution is 2.14. The molecule has 1 aliphatic rings. The molecule has 1 aliphatic heterocycles. The second kappa shape index (κ2) is 6.80. The van der Waals surface area contributed by atoms with E-state index in [1.54, 1.807) is 0 Å². The van der Waals surface area contributed by atoms with Gasteiger partial charge in [-0.3, -0.25) is 4.79 Å². The van der Waals surface area contributed by atoms with Crippen LogP contribution in [0.25, 0.3) is 0 Å². The van der Waals surface area contributed by atoms with Crippen molar-refractivity contribution in [1.29, 1.82) is 0 Å². The molecule has 0 aromatic carbocycles. The third kappa shape index (κ3) is 4.62. The Kier molecular flexibility index (Phi) is 5.65. The smallest absolute Gasteiger partial charge is 0.308 e. The van der Waals surface area contributed by atoms with Gasteiger partial charge in [0.1, 0.15) is 0 Å². The van der Waals surface area contributed by atoms with Crippen LogP contribution in [0, 0.1) is 11.8 Å². The lowest BCUT2D eigenvalue weighted by atomic mass is 10.1. The van der Waals surface area contributed by atoms with Gasteiger partial charge in [-0.2, -0.15) is 0 Å². The molecule has 0 radical (unpaired) electrons. The summed E-state index contributed by atoms with van der Waals surface area (Å²) in [4.78, 5) is 11.5. The number of nitrogens with two attached hydrogens (primary N) is 1. The first kappa shape index (κ1) is 12.5. The minimum absolute atomic E-state index is 0.0316. The van der Waals surface area contributed by atoms with Crippen molar-refractivity contribution < 1.29 is 14.3 Å². The summed E-state index contributed by atoms with van der Waals surface area (Å²) in [5.41, 5.74) is 5.38. The van der Waals surface area contributed by atoms with Gasteiger partial charge in [0.25, 0.3) is 0 Å². The van der Waals surface area contributed by atoms with Gasteiger partial charge < -0.3 is 15.2 Å². The molecule has 88 valence electrons. The maximum atomic E-state index is 11.5. The fourth-order valence-corrected chi connectivity index (χ4v) is 1.60. The normalized spacial score (nSPS) is 22.7. The molecule has 1 fully saturated rings. The van der Waals surface area contributed by atoms with Crippen LogP contribution in [-0.4, -0.2) is 32.3 Å². The lowest BCUT2D eigenvalue weighted by Crippen LogP contribution is -2.20. The SMILES string of the molecule is CC(CCCN)C(=O)OCC1CCOC1. The highest BCUT2D eigenvalue weighted by molar-refractivity contribution is 5.71. The third-order valence-corrected chi connectivity index (χ3v) is 2.73. The quantitative estimate of drug-likeness (QED) is 0.670. The molecule has 0 bridgehead atoms. The molecular weight excluding hydrogens is 194 g/mol. The highest BCUT2D eigenvalue weighted by atomic mass is 16.5. The summed E-state index contributed by atoms with van der Waals surface area (Å²) >= 11 is 0. The topological polar surface area (TPSA) is 61.6 Å². The van der Waals surface area contributed by atoms with Gasteiger partial charge in [0, 0.05) is 12.5 Å². The zero-order chi connectivity index (χ0) is 11.1. The van der Waals surface area contributed by atoms with Crippen molar-refractivity contribution in [1.82, 2.24) is 0 Å². The highest BCUT2D eigenvalue weighted by Gasteiger charge is 2.19. The number of hydrogen-bond donors (Lipinski definition) is 1. The molecule has 2 atom stereocenters. The van der Waals surface area contributed by atoms with Crippen molar-refractivity contribution in [3.63, 3.8) is 0 Å². The molecule has 0 aromatic rings. The molecule has 1 saturated heterocycles. The molecule has 4 heteroatoms. The van der Waals surface area contributed by atoms with E-state index in [1.807, 2.05) is 6.92 Å². The van der Waals surface area contributed by atoms with Crippen LogP contribution in [0.4, 0.5) is 0 Å². The number of ether oxygens (including phenoxy) is 2. The average Bonchev–Trinajstić information content (AvgIpc) is 2.75. The number of hydrogen-bond acceptors (Lipinski definition) is 4. The second-order valence-electron chi connectivity index (χ2n) is 4.19. The predicted molar refractivity (Wildman–Crippen MR) is 57.3 cm³/mol. The van der Waals surface area contributed by atoms with Crippen molar-refractivity contribution in [3.05, 3.63) is 0 Å². The van der Waals surface area contributed by atoms with Crippen LogP contribution in [-0.2, 0) is 14.3 Å². The summed E-state index contributed by atoms with van der Waals surface area (Å²) in [7, 11) is 0. The lowest BCUT2D eigenvalue weighted by molar-refractivity contribution is -0.149. The van der Waals surface area contributed by atoms with E-state index >= 15 is 0 Å². The van der Waals surface area contributed by atoms with Crippen molar-refractivity contribution in [3.8, 4) is 0 Å². The molecule has 2 N–H and O–H groups in total. The van der Waals surface area contributed by atoms with E-state index in [4.69, 9.17) is 15.2 Å².